The molecule has 0 aromatic heterocycles. The Kier molecular flexibility index (Phi) is 5.07. The maximum atomic E-state index is 13.4. The van der Waals surface area contributed by atoms with Crippen LogP contribution in [0.15, 0.2) is 97.1 Å². The van der Waals surface area contributed by atoms with Gasteiger partial charge in [0.25, 0.3) is 17.5 Å². The normalized spacial score (nSPS) is 12.5. The quantitative estimate of drug-likeness (QED) is 0.179. The van der Waals surface area contributed by atoms with Gasteiger partial charge in [0, 0.05) is 28.8 Å². The van der Waals surface area contributed by atoms with Crippen molar-refractivity contribution in [1.29, 1.82) is 0 Å². The molecule has 5 rings (SSSR count). The lowest BCUT2D eigenvalue weighted by Gasteiger charge is -2.18. The lowest BCUT2D eigenvalue weighted by molar-refractivity contribution is -0.384. The van der Waals surface area contributed by atoms with Crippen LogP contribution < -0.4 is 4.90 Å². The maximum absolute atomic E-state index is 13.4. The van der Waals surface area contributed by atoms with Crippen LogP contribution in [-0.4, -0.2) is 22.5 Å². The fourth-order valence-corrected chi connectivity index (χ4v) is 4.06. The highest BCUT2D eigenvalue weighted by molar-refractivity contribution is 6.35. The summed E-state index contributed by atoms with van der Waals surface area (Å²) >= 11 is 0. The number of hydrogen-bond acceptors (Lipinski definition) is 5. The van der Waals surface area contributed by atoms with Crippen LogP contribution in [0, 0.1) is 10.1 Å². The minimum Gasteiger partial charge on any atom is -0.289 e. The van der Waals surface area contributed by atoms with E-state index >= 15 is 0 Å². The third kappa shape index (κ3) is 3.45. The van der Waals surface area contributed by atoms with Crippen molar-refractivity contribution in [2.24, 2.45) is 0 Å². The lowest BCUT2D eigenvalue weighted by Crippen LogP contribution is -2.29. The summed E-state index contributed by atoms with van der Waals surface area (Å²) in [6.45, 7) is 0. The van der Waals surface area contributed by atoms with Crippen molar-refractivity contribution in [3.05, 3.63) is 129 Å². The highest BCUT2D eigenvalue weighted by Crippen LogP contribution is 2.36. The summed E-state index contributed by atoms with van der Waals surface area (Å²) in [5.41, 5.74) is 2.43. The van der Waals surface area contributed by atoms with Gasteiger partial charge in [-0.05, 0) is 23.8 Å². The van der Waals surface area contributed by atoms with E-state index in [0.717, 1.165) is 16.0 Å². The molecule has 1 aliphatic heterocycles. The molecule has 0 atom stereocenters. The third-order valence-electron chi connectivity index (χ3n) is 5.70. The van der Waals surface area contributed by atoms with Gasteiger partial charge in [-0.1, -0.05) is 66.7 Å². The van der Waals surface area contributed by atoms with E-state index in [4.69, 9.17) is 0 Å². The van der Waals surface area contributed by atoms with E-state index < -0.39 is 22.5 Å². The lowest BCUT2D eigenvalue weighted by atomic mass is 9.99. The molecule has 0 N–H and O–H groups in total. The number of para-hydroxylation sites is 1. The summed E-state index contributed by atoms with van der Waals surface area (Å²) in [6.07, 6.45) is 0. The number of imide groups is 1. The minimum absolute atomic E-state index is 0.115. The summed E-state index contributed by atoms with van der Waals surface area (Å²) in [6, 6.07) is 26.2. The Morgan fingerprint density at radius 2 is 1.35 bits per heavy atom. The van der Waals surface area contributed by atoms with Gasteiger partial charge >= 0.3 is 0 Å². The number of non-ortho nitro benzene ring substituents is 1. The van der Waals surface area contributed by atoms with Crippen molar-refractivity contribution in [3.8, 4) is 11.1 Å². The molecule has 34 heavy (non-hydrogen) atoms. The van der Waals surface area contributed by atoms with Crippen LogP contribution in [0.25, 0.3) is 11.1 Å². The summed E-state index contributed by atoms with van der Waals surface area (Å²) < 4.78 is 0. The molecule has 1 heterocycles. The van der Waals surface area contributed by atoms with E-state index in [1.54, 1.807) is 12.1 Å². The largest absolute Gasteiger partial charge is 0.289 e. The number of carbonyl (C=O) groups is 3. The predicted molar refractivity (Wildman–Crippen MR) is 126 cm³/mol. The first-order valence-electron chi connectivity index (χ1n) is 10.4. The van der Waals surface area contributed by atoms with E-state index in [0.29, 0.717) is 5.69 Å². The zero-order valence-electron chi connectivity index (χ0n) is 17.7. The molecule has 2 amide bonds. The highest BCUT2D eigenvalue weighted by Gasteiger charge is 2.38. The number of carbonyl (C=O) groups excluding carboxylic acids is 3. The SMILES string of the molecule is O=C(c1cccc([N+](=O)[O-])c1)c1ccc2c(c1)C(=O)N(c1ccccc1-c1ccccc1)C2=O. The van der Waals surface area contributed by atoms with Gasteiger partial charge in [0.1, 0.15) is 0 Å². The smallest absolute Gasteiger partial charge is 0.270 e. The molecule has 0 fully saturated rings. The Hall–Kier alpha value is -4.91. The Labute approximate surface area is 194 Å². The van der Waals surface area contributed by atoms with Gasteiger partial charge in [-0.15, -0.1) is 0 Å². The van der Waals surface area contributed by atoms with Gasteiger partial charge in [0.15, 0.2) is 5.78 Å². The number of benzene rings is 4. The van der Waals surface area contributed by atoms with Gasteiger partial charge in [0.05, 0.1) is 21.7 Å². The van der Waals surface area contributed by atoms with Crippen molar-refractivity contribution < 1.29 is 19.3 Å². The fraction of sp³-hybridized carbons (Fsp3) is 0. The van der Waals surface area contributed by atoms with Crippen LogP contribution in [0.1, 0.15) is 36.6 Å². The van der Waals surface area contributed by atoms with Crippen molar-refractivity contribution in [1.82, 2.24) is 0 Å². The fourth-order valence-electron chi connectivity index (χ4n) is 4.06. The van der Waals surface area contributed by atoms with Gasteiger partial charge in [-0.3, -0.25) is 24.5 Å². The number of hydrogen-bond donors (Lipinski definition) is 0. The first kappa shape index (κ1) is 21.0. The number of ketones is 1. The van der Waals surface area contributed by atoms with E-state index in [1.165, 1.54) is 42.5 Å². The molecule has 4 aromatic carbocycles. The van der Waals surface area contributed by atoms with Crippen LogP contribution in [0.2, 0.25) is 0 Å². The molecule has 0 saturated carbocycles. The van der Waals surface area contributed by atoms with E-state index in [2.05, 4.69) is 0 Å². The van der Waals surface area contributed by atoms with Gasteiger partial charge in [0.2, 0.25) is 0 Å². The molecular formula is C27H16N2O5. The molecule has 0 unspecified atom stereocenters. The van der Waals surface area contributed by atoms with E-state index in [-0.39, 0.29) is 27.9 Å². The standard InChI is InChI=1S/C27H16N2O5/c30-25(18-9-6-10-20(15-18)29(33)34)19-13-14-22-23(16-19)27(32)28(26(22)31)24-12-5-4-11-21(24)17-7-2-1-3-8-17/h1-16H. The number of fused-ring (bicyclic) bond motifs is 1. The Morgan fingerprint density at radius 3 is 2.12 bits per heavy atom. The zero-order valence-corrected chi connectivity index (χ0v) is 17.7. The number of nitro benzene ring substituents is 1. The summed E-state index contributed by atoms with van der Waals surface area (Å²) in [4.78, 5) is 51.1. The third-order valence-corrected chi connectivity index (χ3v) is 5.70. The molecule has 4 aromatic rings. The summed E-state index contributed by atoms with van der Waals surface area (Å²) in [5, 5.41) is 11.1. The first-order chi connectivity index (χ1) is 16.5. The average molecular weight is 448 g/mol. The molecule has 0 spiro atoms. The molecule has 0 radical (unpaired) electrons. The molecule has 1 aliphatic rings. The number of anilines is 1. The minimum atomic E-state index is -0.580. The van der Waals surface area contributed by atoms with Crippen LogP contribution in [0.3, 0.4) is 0 Å². The van der Waals surface area contributed by atoms with Crippen LogP contribution in [-0.2, 0) is 0 Å². The molecule has 0 bridgehead atoms. The predicted octanol–water partition coefficient (Wildman–Crippen LogP) is 5.29. The molecule has 164 valence electrons. The van der Waals surface area contributed by atoms with Crippen LogP contribution >= 0.6 is 0 Å². The Bertz CT molecular complexity index is 1490. The Morgan fingerprint density at radius 1 is 0.676 bits per heavy atom. The van der Waals surface area contributed by atoms with Gasteiger partial charge in [-0.2, -0.15) is 0 Å². The molecular weight excluding hydrogens is 432 g/mol. The van der Waals surface area contributed by atoms with Crippen molar-refractivity contribution in [2.45, 2.75) is 0 Å². The van der Waals surface area contributed by atoms with Crippen LogP contribution in [0.5, 0.6) is 0 Å². The number of nitrogens with zero attached hydrogens (tertiary/aromatic N) is 2. The van der Waals surface area contributed by atoms with Crippen molar-refractivity contribution in [3.63, 3.8) is 0 Å². The molecule has 7 nitrogen and oxygen atoms in total. The number of rotatable bonds is 5. The second kappa shape index (κ2) is 8.22. The topological polar surface area (TPSA) is 97.6 Å². The number of nitro groups is 1. The summed E-state index contributed by atoms with van der Waals surface area (Å²) in [7, 11) is 0. The highest BCUT2D eigenvalue weighted by atomic mass is 16.6. The first-order valence-corrected chi connectivity index (χ1v) is 10.4. The second-order valence-electron chi connectivity index (χ2n) is 7.73. The Balaban J connectivity index is 1.54. The van der Waals surface area contributed by atoms with E-state index in [1.807, 2.05) is 42.5 Å². The zero-order chi connectivity index (χ0) is 23.8. The van der Waals surface area contributed by atoms with Gasteiger partial charge in [-0.25, -0.2) is 4.90 Å². The van der Waals surface area contributed by atoms with Crippen LogP contribution in [0.4, 0.5) is 11.4 Å². The van der Waals surface area contributed by atoms with Crippen molar-refractivity contribution in [2.75, 3.05) is 4.90 Å². The monoisotopic (exact) mass is 448 g/mol. The maximum Gasteiger partial charge on any atom is 0.270 e. The second-order valence-corrected chi connectivity index (χ2v) is 7.73. The van der Waals surface area contributed by atoms with Crippen molar-refractivity contribution >= 4 is 29.0 Å². The van der Waals surface area contributed by atoms with Gasteiger partial charge < -0.3 is 0 Å². The van der Waals surface area contributed by atoms with E-state index in [9.17, 15) is 24.5 Å². The molecule has 0 saturated heterocycles. The summed E-state index contributed by atoms with van der Waals surface area (Å²) in [5.74, 6) is -1.48. The number of amides is 2. The molecule has 7 heteroatoms. The molecule has 0 aliphatic carbocycles. The average Bonchev–Trinajstić information content (AvgIpc) is 3.13.